The Kier molecular flexibility index (Phi) is 19.2. The molecule has 0 aliphatic rings. The van der Waals surface area contributed by atoms with Gasteiger partial charge in [-0.1, -0.05) is 45.9 Å². The molecule has 1 aromatic rings. The largest absolute Gasteiger partial charge is 0.497 e. The Morgan fingerprint density at radius 1 is 1.04 bits per heavy atom. The van der Waals surface area contributed by atoms with Gasteiger partial charge in [0.15, 0.2) is 0 Å². The number of rotatable bonds is 9. The SMILES string of the molecule is CC.CC.CCOCCC/C=C/COc1cc(OC)ccc1C. The van der Waals surface area contributed by atoms with Gasteiger partial charge in [-0.05, 0) is 38.3 Å². The van der Waals surface area contributed by atoms with E-state index in [1.165, 1.54) is 0 Å². The van der Waals surface area contributed by atoms with Crippen molar-refractivity contribution in [2.45, 2.75) is 54.4 Å². The summed E-state index contributed by atoms with van der Waals surface area (Å²) < 4.78 is 16.2. The van der Waals surface area contributed by atoms with Gasteiger partial charge in [-0.2, -0.15) is 0 Å². The molecule has 23 heavy (non-hydrogen) atoms. The zero-order valence-electron chi connectivity index (χ0n) is 16.1. The molecular formula is C20H36O3. The van der Waals surface area contributed by atoms with Gasteiger partial charge < -0.3 is 14.2 Å². The molecule has 1 rings (SSSR count). The van der Waals surface area contributed by atoms with E-state index in [4.69, 9.17) is 14.2 Å². The maximum Gasteiger partial charge on any atom is 0.126 e. The topological polar surface area (TPSA) is 27.7 Å². The molecule has 0 atom stereocenters. The highest BCUT2D eigenvalue weighted by Gasteiger charge is 2.00. The van der Waals surface area contributed by atoms with Gasteiger partial charge in [0, 0.05) is 19.3 Å². The van der Waals surface area contributed by atoms with Crippen molar-refractivity contribution in [2.24, 2.45) is 0 Å². The van der Waals surface area contributed by atoms with Crippen molar-refractivity contribution in [2.75, 3.05) is 26.9 Å². The number of unbranched alkanes of at least 4 members (excludes halogenated alkanes) is 1. The first-order valence-corrected chi connectivity index (χ1v) is 8.78. The van der Waals surface area contributed by atoms with Gasteiger partial charge in [0.25, 0.3) is 0 Å². The molecule has 0 saturated heterocycles. The lowest BCUT2D eigenvalue weighted by atomic mass is 10.2. The minimum atomic E-state index is 0.586. The second kappa shape index (κ2) is 18.6. The lowest BCUT2D eigenvalue weighted by Crippen LogP contribution is -1.96. The minimum Gasteiger partial charge on any atom is -0.497 e. The van der Waals surface area contributed by atoms with Crippen molar-refractivity contribution in [1.29, 1.82) is 0 Å². The molecule has 134 valence electrons. The summed E-state index contributed by atoms with van der Waals surface area (Å²) in [5.74, 6) is 1.69. The Balaban J connectivity index is 0. The van der Waals surface area contributed by atoms with Crippen LogP contribution in [0.3, 0.4) is 0 Å². The number of hydrogen-bond acceptors (Lipinski definition) is 3. The maximum absolute atomic E-state index is 5.71. The van der Waals surface area contributed by atoms with E-state index in [2.05, 4.69) is 6.08 Å². The average Bonchev–Trinajstić information content (AvgIpc) is 2.62. The van der Waals surface area contributed by atoms with Crippen LogP contribution in [0.25, 0.3) is 0 Å². The fraction of sp³-hybridized carbons (Fsp3) is 0.600. The zero-order valence-corrected chi connectivity index (χ0v) is 16.1. The van der Waals surface area contributed by atoms with Crippen molar-refractivity contribution in [3.63, 3.8) is 0 Å². The maximum atomic E-state index is 5.71. The zero-order chi connectivity index (χ0) is 17.9. The molecule has 1 aromatic carbocycles. The number of benzene rings is 1. The highest BCUT2D eigenvalue weighted by atomic mass is 16.5. The molecule has 3 nitrogen and oxygen atoms in total. The fourth-order valence-electron chi connectivity index (χ4n) is 1.63. The third-order valence-electron chi connectivity index (χ3n) is 2.76. The normalized spacial score (nSPS) is 9.52. The van der Waals surface area contributed by atoms with E-state index < -0.39 is 0 Å². The van der Waals surface area contributed by atoms with Gasteiger partial charge in [0.05, 0.1) is 7.11 Å². The molecule has 0 radical (unpaired) electrons. The van der Waals surface area contributed by atoms with Crippen LogP contribution in [0.4, 0.5) is 0 Å². The van der Waals surface area contributed by atoms with Gasteiger partial charge in [0.2, 0.25) is 0 Å². The number of hydrogen-bond donors (Lipinski definition) is 0. The van der Waals surface area contributed by atoms with Gasteiger partial charge in [-0.15, -0.1) is 0 Å². The third kappa shape index (κ3) is 12.7. The quantitative estimate of drug-likeness (QED) is 0.424. The molecule has 0 unspecified atom stereocenters. The molecule has 0 aliphatic carbocycles. The summed E-state index contributed by atoms with van der Waals surface area (Å²) >= 11 is 0. The van der Waals surface area contributed by atoms with E-state index in [0.717, 1.165) is 43.1 Å². The van der Waals surface area contributed by atoms with Crippen molar-refractivity contribution < 1.29 is 14.2 Å². The second-order valence-corrected chi connectivity index (χ2v) is 4.25. The molecule has 0 fully saturated rings. The molecular weight excluding hydrogens is 288 g/mol. The van der Waals surface area contributed by atoms with Gasteiger partial charge in [0.1, 0.15) is 18.1 Å². The van der Waals surface area contributed by atoms with Crippen LogP contribution >= 0.6 is 0 Å². The first-order valence-electron chi connectivity index (χ1n) is 8.78. The first-order chi connectivity index (χ1) is 11.3. The smallest absolute Gasteiger partial charge is 0.126 e. The number of methoxy groups -OCH3 is 1. The van der Waals surface area contributed by atoms with Crippen LogP contribution in [-0.2, 0) is 4.74 Å². The number of allylic oxidation sites excluding steroid dienone is 1. The summed E-state index contributed by atoms with van der Waals surface area (Å²) in [5, 5.41) is 0. The Morgan fingerprint density at radius 2 is 1.74 bits per heavy atom. The lowest BCUT2D eigenvalue weighted by molar-refractivity contribution is 0.145. The lowest BCUT2D eigenvalue weighted by Gasteiger charge is -2.08. The van der Waals surface area contributed by atoms with E-state index in [-0.39, 0.29) is 0 Å². The van der Waals surface area contributed by atoms with Crippen LogP contribution in [-0.4, -0.2) is 26.9 Å². The standard InChI is InChI=1S/C16H24O3.2C2H6/c1-4-18-11-7-5-6-8-12-19-16-13-15(17-3)10-9-14(16)2;2*1-2/h6,8-10,13H,4-5,7,11-12H2,1-3H3;2*1-2H3/b8-6+;;. The van der Waals surface area contributed by atoms with E-state index in [0.29, 0.717) is 6.61 Å². The molecule has 0 amide bonds. The highest BCUT2D eigenvalue weighted by Crippen LogP contribution is 2.23. The van der Waals surface area contributed by atoms with Crippen LogP contribution < -0.4 is 9.47 Å². The van der Waals surface area contributed by atoms with Crippen molar-refractivity contribution >= 4 is 0 Å². The van der Waals surface area contributed by atoms with Crippen LogP contribution in [0.5, 0.6) is 11.5 Å². The second-order valence-electron chi connectivity index (χ2n) is 4.25. The molecule has 0 aromatic heterocycles. The fourth-order valence-corrected chi connectivity index (χ4v) is 1.63. The molecule has 0 bridgehead atoms. The molecule has 0 heterocycles. The van der Waals surface area contributed by atoms with Crippen molar-refractivity contribution in [3.05, 3.63) is 35.9 Å². The highest BCUT2D eigenvalue weighted by molar-refractivity contribution is 5.39. The average molecular weight is 325 g/mol. The number of ether oxygens (including phenoxy) is 3. The van der Waals surface area contributed by atoms with Crippen LogP contribution in [0.15, 0.2) is 30.4 Å². The summed E-state index contributed by atoms with van der Waals surface area (Å²) in [5.41, 5.74) is 1.12. The van der Waals surface area contributed by atoms with Gasteiger partial charge in [-0.3, -0.25) is 0 Å². The molecule has 0 saturated carbocycles. The summed E-state index contributed by atoms with van der Waals surface area (Å²) in [7, 11) is 1.66. The summed E-state index contributed by atoms with van der Waals surface area (Å²) in [6.45, 7) is 14.3. The van der Waals surface area contributed by atoms with Gasteiger partial charge in [-0.25, -0.2) is 0 Å². The monoisotopic (exact) mass is 324 g/mol. The summed E-state index contributed by atoms with van der Waals surface area (Å²) in [6.07, 6.45) is 6.27. The molecule has 0 aliphatic heterocycles. The Labute approximate surface area is 143 Å². The molecule has 0 spiro atoms. The summed E-state index contributed by atoms with van der Waals surface area (Å²) in [6, 6.07) is 5.85. The van der Waals surface area contributed by atoms with E-state index in [1.54, 1.807) is 7.11 Å². The predicted octanol–water partition coefficient (Wildman–Crippen LogP) is 5.81. The first kappa shape index (κ1) is 23.8. The minimum absolute atomic E-state index is 0.586. The predicted molar refractivity (Wildman–Crippen MR) is 101 cm³/mol. The Hall–Kier alpha value is -1.48. The van der Waals surface area contributed by atoms with E-state index >= 15 is 0 Å². The van der Waals surface area contributed by atoms with Crippen LogP contribution in [0, 0.1) is 6.92 Å². The van der Waals surface area contributed by atoms with Crippen molar-refractivity contribution in [3.8, 4) is 11.5 Å². The summed E-state index contributed by atoms with van der Waals surface area (Å²) in [4.78, 5) is 0. The third-order valence-corrected chi connectivity index (χ3v) is 2.76. The molecule has 3 heteroatoms. The van der Waals surface area contributed by atoms with E-state index in [1.807, 2.05) is 65.8 Å². The van der Waals surface area contributed by atoms with Gasteiger partial charge >= 0.3 is 0 Å². The van der Waals surface area contributed by atoms with E-state index in [9.17, 15) is 0 Å². The van der Waals surface area contributed by atoms with Crippen molar-refractivity contribution in [1.82, 2.24) is 0 Å². The molecule has 0 N–H and O–H groups in total. The Morgan fingerprint density at radius 3 is 2.35 bits per heavy atom. The van der Waals surface area contributed by atoms with Crippen LogP contribution in [0.2, 0.25) is 0 Å². The number of aryl methyl sites for hydroxylation is 1. The van der Waals surface area contributed by atoms with Crippen LogP contribution in [0.1, 0.15) is 53.0 Å². The Bertz CT molecular complexity index is 386.